The van der Waals surface area contributed by atoms with Gasteiger partial charge in [0.15, 0.2) is 0 Å². The van der Waals surface area contributed by atoms with E-state index in [2.05, 4.69) is 22.9 Å². The van der Waals surface area contributed by atoms with Crippen molar-refractivity contribution in [3.63, 3.8) is 0 Å². The minimum atomic E-state index is 0.0393. The maximum absolute atomic E-state index is 9.29. The molecule has 0 aliphatic carbocycles. The third-order valence-corrected chi connectivity index (χ3v) is 3.60. The van der Waals surface area contributed by atoms with Crippen molar-refractivity contribution in [2.24, 2.45) is 0 Å². The van der Waals surface area contributed by atoms with Crippen molar-refractivity contribution >= 4 is 15.9 Å². The van der Waals surface area contributed by atoms with Crippen molar-refractivity contribution in [3.8, 4) is 11.5 Å². The summed E-state index contributed by atoms with van der Waals surface area (Å²) in [6.45, 7) is 4.14. The summed E-state index contributed by atoms with van der Waals surface area (Å²) in [7, 11) is 3.27. The van der Waals surface area contributed by atoms with Crippen LogP contribution in [-0.2, 0) is 6.42 Å². The zero-order valence-electron chi connectivity index (χ0n) is 10.7. The number of rotatable bonds is 5. The molecule has 1 atom stereocenters. The van der Waals surface area contributed by atoms with Crippen molar-refractivity contribution in [2.75, 3.05) is 20.8 Å². The standard InChI is InChI=1S/C13H19BrO3/c1-5-9-6-10(8(2)7-15)13(17-4)11(14)12(9)16-3/h6,8,15H,5,7H2,1-4H3. The topological polar surface area (TPSA) is 38.7 Å². The zero-order chi connectivity index (χ0) is 13.0. The lowest BCUT2D eigenvalue weighted by Crippen LogP contribution is -2.05. The lowest BCUT2D eigenvalue weighted by Gasteiger charge is -2.19. The van der Waals surface area contributed by atoms with Crippen molar-refractivity contribution in [3.05, 3.63) is 21.7 Å². The molecule has 1 aromatic rings. The average molecular weight is 303 g/mol. The molecule has 4 heteroatoms. The summed E-state index contributed by atoms with van der Waals surface area (Å²) in [5.41, 5.74) is 2.11. The fourth-order valence-electron chi connectivity index (χ4n) is 1.84. The minimum absolute atomic E-state index is 0.0393. The van der Waals surface area contributed by atoms with Gasteiger partial charge in [-0.3, -0.25) is 0 Å². The Bertz CT molecular complexity index is 391. The predicted molar refractivity (Wildman–Crippen MR) is 72.1 cm³/mol. The van der Waals surface area contributed by atoms with Crippen LogP contribution in [0, 0.1) is 0 Å². The largest absolute Gasteiger partial charge is 0.495 e. The Labute approximate surface area is 111 Å². The quantitative estimate of drug-likeness (QED) is 0.908. The average Bonchev–Trinajstić information content (AvgIpc) is 2.36. The highest BCUT2D eigenvalue weighted by Gasteiger charge is 2.20. The number of ether oxygens (including phenoxy) is 2. The van der Waals surface area contributed by atoms with Crippen LogP contribution < -0.4 is 9.47 Å². The van der Waals surface area contributed by atoms with E-state index in [4.69, 9.17) is 9.47 Å². The van der Waals surface area contributed by atoms with Crippen LogP contribution in [0.2, 0.25) is 0 Å². The summed E-state index contributed by atoms with van der Waals surface area (Å²) in [6.07, 6.45) is 0.872. The molecule has 0 aliphatic rings. The summed E-state index contributed by atoms with van der Waals surface area (Å²) < 4.78 is 11.6. The molecule has 0 aromatic heterocycles. The van der Waals surface area contributed by atoms with E-state index in [0.29, 0.717) is 0 Å². The summed E-state index contributed by atoms with van der Waals surface area (Å²) >= 11 is 3.51. The van der Waals surface area contributed by atoms with Gasteiger partial charge >= 0.3 is 0 Å². The first-order valence-corrected chi connectivity index (χ1v) is 6.44. The smallest absolute Gasteiger partial charge is 0.140 e. The lowest BCUT2D eigenvalue weighted by atomic mass is 9.97. The second kappa shape index (κ2) is 6.26. The highest BCUT2D eigenvalue weighted by molar-refractivity contribution is 9.10. The summed E-state index contributed by atoms with van der Waals surface area (Å²) in [5.74, 6) is 1.58. The van der Waals surface area contributed by atoms with Crippen LogP contribution in [0.25, 0.3) is 0 Å². The van der Waals surface area contributed by atoms with Gasteiger partial charge in [-0.2, -0.15) is 0 Å². The van der Waals surface area contributed by atoms with E-state index < -0.39 is 0 Å². The van der Waals surface area contributed by atoms with Gasteiger partial charge < -0.3 is 14.6 Å². The fourth-order valence-corrected chi connectivity index (χ4v) is 2.65. The van der Waals surface area contributed by atoms with Crippen LogP contribution in [0.5, 0.6) is 11.5 Å². The molecule has 1 unspecified atom stereocenters. The molecule has 17 heavy (non-hydrogen) atoms. The number of benzene rings is 1. The molecule has 3 nitrogen and oxygen atoms in total. The molecule has 0 heterocycles. The predicted octanol–water partition coefficient (Wildman–Crippen LogP) is 3.12. The molecule has 0 bridgehead atoms. The number of halogens is 1. The van der Waals surface area contributed by atoms with Crippen LogP contribution in [-0.4, -0.2) is 25.9 Å². The molecule has 0 aliphatic heterocycles. The first-order chi connectivity index (χ1) is 8.10. The summed E-state index contributed by atoms with van der Waals surface area (Å²) in [5, 5.41) is 9.29. The Kier molecular flexibility index (Phi) is 5.28. The molecule has 0 spiro atoms. The molecular weight excluding hydrogens is 284 g/mol. The molecule has 1 aromatic carbocycles. The van der Waals surface area contributed by atoms with Crippen LogP contribution in [0.1, 0.15) is 30.9 Å². The molecule has 0 saturated heterocycles. The third-order valence-electron chi connectivity index (χ3n) is 2.88. The van der Waals surface area contributed by atoms with Crippen molar-refractivity contribution in [1.82, 2.24) is 0 Å². The molecular formula is C13H19BrO3. The van der Waals surface area contributed by atoms with Gasteiger partial charge in [0.05, 0.1) is 14.2 Å². The van der Waals surface area contributed by atoms with E-state index in [9.17, 15) is 5.11 Å². The molecule has 1 N–H and O–H groups in total. The Morgan fingerprint density at radius 3 is 2.29 bits per heavy atom. The Morgan fingerprint density at radius 2 is 1.88 bits per heavy atom. The van der Waals surface area contributed by atoms with E-state index in [-0.39, 0.29) is 12.5 Å². The number of aryl methyl sites for hydroxylation is 1. The van der Waals surface area contributed by atoms with E-state index >= 15 is 0 Å². The van der Waals surface area contributed by atoms with Crippen LogP contribution in [0.15, 0.2) is 10.5 Å². The van der Waals surface area contributed by atoms with Crippen molar-refractivity contribution < 1.29 is 14.6 Å². The second-order valence-corrected chi connectivity index (χ2v) is 4.74. The maximum atomic E-state index is 9.29. The maximum Gasteiger partial charge on any atom is 0.140 e. The van der Waals surface area contributed by atoms with Gasteiger partial charge in [0.2, 0.25) is 0 Å². The van der Waals surface area contributed by atoms with Crippen LogP contribution in [0.3, 0.4) is 0 Å². The van der Waals surface area contributed by atoms with Gasteiger partial charge in [-0.15, -0.1) is 0 Å². The van der Waals surface area contributed by atoms with Gasteiger partial charge in [0, 0.05) is 18.1 Å². The zero-order valence-corrected chi connectivity index (χ0v) is 12.3. The number of aliphatic hydroxyl groups is 1. The molecule has 0 radical (unpaired) electrons. The molecule has 1 rings (SSSR count). The van der Waals surface area contributed by atoms with Crippen LogP contribution in [0.4, 0.5) is 0 Å². The van der Waals surface area contributed by atoms with Crippen molar-refractivity contribution in [2.45, 2.75) is 26.2 Å². The SMILES string of the molecule is CCc1cc(C(C)CO)c(OC)c(Br)c1OC. The highest BCUT2D eigenvalue weighted by Crippen LogP contribution is 2.42. The first kappa shape index (κ1) is 14.3. The van der Waals surface area contributed by atoms with Gasteiger partial charge in [-0.1, -0.05) is 13.8 Å². The van der Waals surface area contributed by atoms with Gasteiger partial charge in [-0.25, -0.2) is 0 Å². The third kappa shape index (κ3) is 2.75. The minimum Gasteiger partial charge on any atom is -0.495 e. The highest BCUT2D eigenvalue weighted by atomic mass is 79.9. The van der Waals surface area contributed by atoms with Gasteiger partial charge in [0.25, 0.3) is 0 Å². The normalized spacial score (nSPS) is 12.4. The number of methoxy groups -OCH3 is 2. The molecule has 0 amide bonds. The second-order valence-electron chi connectivity index (χ2n) is 3.94. The van der Waals surface area contributed by atoms with E-state index in [0.717, 1.165) is 33.5 Å². The van der Waals surface area contributed by atoms with Gasteiger partial charge in [0.1, 0.15) is 16.0 Å². The monoisotopic (exact) mass is 302 g/mol. The van der Waals surface area contributed by atoms with Crippen molar-refractivity contribution in [1.29, 1.82) is 0 Å². The molecule has 96 valence electrons. The van der Waals surface area contributed by atoms with E-state index in [1.807, 2.05) is 13.0 Å². The van der Waals surface area contributed by atoms with Gasteiger partial charge in [-0.05, 0) is 34.0 Å². The van der Waals surface area contributed by atoms with E-state index in [1.165, 1.54) is 0 Å². The lowest BCUT2D eigenvalue weighted by molar-refractivity contribution is 0.269. The number of hydrogen-bond donors (Lipinski definition) is 1. The Morgan fingerprint density at radius 1 is 1.29 bits per heavy atom. The molecule has 0 fully saturated rings. The summed E-state index contributed by atoms with van der Waals surface area (Å²) in [4.78, 5) is 0. The fraction of sp³-hybridized carbons (Fsp3) is 0.538. The van der Waals surface area contributed by atoms with Crippen LogP contribution >= 0.6 is 15.9 Å². The molecule has 0 saturated carbocycles. The Balaban J connectivity index is 3.45. The first-order valence-electron chi connectivity index (χ1n) is 5.64. The number of hydrogen-bond acceptors (Lipinski definition) is 3. The number of aliphatic hydroxyl groups excluding tert-OH is 1. The Hall–Kier alpha value is -0.740. The summed E-state index contributed by atoms with van der Waals surface area (Å²) in [6, 6.07) is 2.04. The van der Waals surface area contributed by atoms with E-state index in [1.54, 1.807) is 14.2 Å².